The van der Waals surface area contributed by atoms with Crippen molar-refractivity contribution in [3.63, 3.8) is 0 Å². The molecule has 1 saturated carbocycles. The Kier molecular flexibility index (Phi) is 3.33. The second kappa shape index (κ2) is 5.11. The Morgan fingerprint density at radius 3 is 2.94 bits per heavy atom. The number of carbonyl (C=O) groups excluding carboxylic acids is 1. The van der Waals surface area contributed by atoms with E-state index in [1.54, 1.807) is 0 Å². The Hall–Kier alpha value is -1.35. The van der Waals surface area contributed by atoms with Crippen LogP contribution in [-0.4, -0.2) is 18.6 Å². The number of esters is 1. The van der Waals surface area contributed by atoms with Gasteiger partial charge in [0.1, 0.15) is 12.6 Å². The molecule has 1 N–H and O–H groups in total. The molecule has 2 fully saturated rings. The summed E-state index contributed by atoms with van der Waals surface area (Å²) in [5, 5.41) is 3.32. The molecular weight excluding hydrogens is 226 g/mol. The molecule has 1 heterocycles. The second-order valence-corrected chi connectivity index (χ2v) is 5.33. The van der Waals surface area contributed by atoms with Crippen LogP contribution in [0.2, 0.25) is 0 Å². The highest BCUT2D eigenvalue weighted by molar-refractivity contribution is 5.76. The van der Waals surface area contributed by atoms with Crippen LogP contribution in [0.3, 0.4) is 0 Å². The number of hydrogen-bond acceptors (Lipinski definition) is 3. The van der Waals surface area contributed by atoms with E-state index >= 15 is 0 Å². The summed E-state index contributed by atoms with van der Waals surface area (Å²) in [5.41, 5.74) is 1.05. The number of carbonyl (C=O) groups is 1. The zero-order valence-corrected chi connectivity index (χ0v) is 10.5. The molecule has 3 rings (SSSR count). The van der Waals surface area contributed by atoms with Crippen molar-refractivity contribution < 1.29 is 9.53 Å². The molecule has 3 heteroatoms. The summed E-state index contributed by atoms with van der Waals surface area (Å²) in [6.45, 7) is 1.37. The van der Waals surface area contributed by atoms with Crippen LogP contribution in [0.5, 0.6) is 0 Å². The number of ether oxygens (including phenoxy) is 1. The van der Waals surface area contributed by atoms with Crippen LogP contribution >= 0.6 is 0 Å². The molecule has 0 unspecified atom stereocenters. The van der Waals surface area contributed by atoms with Gasteiger partial charge < -0.3 is 10.1 Å². The molecule has 1 saturated heterocycles. The minimum atomic E-state index is -0.0757. The lowest BCUT2D eigenvalue weighted by molar-refractivity contribution is -0.148. The van der Waals surface area contributed by atoms with E-state index in [9.17, 15) is 4.79 Å². The van der Waals surface area contributed by atoms with Crippen molar-refractivity contribution in [3.05, 3.63) is 35.9 Å². The Morgan fingerprint density at radius 2 is 2.11 bits per heavy atom. The maximum Gasteiger partial charge on any atom is 0.323 e. The summed E-state index contributed by atoms with van der Waals surface area (Å²) < 4.78 is 5.42. The molecule has 1 aliphatic carbocycles. The standard InChI is InChI=1S/C15H19NO2/c17-15(18-10-11-5-2-1-3-6-11)14-13-8-4-7-12(13)9-16-14/h1-3,5-6,12-14,16H,4,7-10H2/t12-,13-,14-/m0/s1. The zero-order valence-electron chi connectivity index (χ0n) is 10.5. The first kappa shape index (κ1) is 11.7. The van der Waals surface area contributed by atoms with Crippen molar-refractivity contribution in [3.8, 4) is 0 Å². The van der Waals surface area contributed by atoms with Crippen molar-refractivity contribution in [1.29, 1.82) is 0 Å². The molecule has 0 spiro atoms. The second-order valence-electron chi connectivity index (χ2n) is 5.33. The topological polar surface area (TPSA) is 38.3 Å². The Labute approximate surface area is 108 Å². The first-order valence-corrected chi connectivity index (χ1v) is 6.78. The van der Waals surface area contributed by atoms with Gasteiger partial charge in [-0.1, -0.05) is 36.8 Å². The molecule has 0 radical (unpaired) electrons. The van der Waals surface area contributed by atoms with Gasteiger partial charge in [0.2, 0.25) is 0 Å². The number of fused-ring (bicyclic) bond motifs is 1. The van der Waals surface area contributed by atoms with E-state index in [1.165, 1.54) is 19.3 Å². The van der Waals surface area contributed by atoms with Crippen LogP contribution in [0.25, 0.3) is 0 Å². The number of nitrogens with one attached hydrogen (secondary N) is 1. The lowest BCUT2D eigenvalue weighted by Crippen LogP contribution is -2.36. The highest BCUT2D eigenvalue weighted by Crippen LogP contribution is 2.38. The predicted molar refractivity (Wildman–Crippen MR) is 68.9 cm³/mol. The van der Waals surface area contributed by atoms with Crippen LogP contribution in [0.15, 0.2) is 30.3 Å². The van der Waals surface area contributed by atoms with Crippen LogP contribution < -0.4 is 5.32 Å². The molecule has 1 aromatic carbocycles. The van der Waals surface area contributed by atoms with Gasteiger partial charge in [-0.25, -0.2) is 0 Å². The molecule has 3 atom stereocenters. The highest BCUT2D eigenvalue weighted by Gasteiger charge is 2.43. The molecule has 0 aromatic heterocycles. The average Bonchev–Trinajstić information content (AvgIpc) is 2.99. The molecule has 3 nitrogen and oxygen atoms in total. The Morgan fingerprint density at radius 1 is 1.28 bits per heavy atom. The first-order valence-electron chi connectivity index (χ1n) is 6.78. The van der Waals surface area contributed by atoms with E-state index < -0.39 is 0 Å². The van der Waals surface area contributed by atoms with Gasteiger partial charge in [-0.3, -0.25) is 4.79 Å². The van der Waals surface area contributed by atoms with Crippen molar-refractivity contribution in [2.24, 2.45) is 11.8 Å². The molecule has 0 amide bonds. The van der Waals surface area contributed by atoms with Gasteiger partial charge in [0.05, 0.1) is 0 Å². The fraction of sp³-hybridized carbons (Fsp3) is 0.533. The van der Waals surface area contributed by atoms with E-state index in [1.807, 2.05) is 30.3 Å². The lowest BCUT2D eigenvalue weighted by atomic mass is 9.94. The largest absolute Gasteiger partial charge is 0.460 e. The summed E-state index contributed by atoms with van der Waals surface area (Å²) in [6.07, 6.45) is 3.70. The summed E-state index contributed by atoms with van der Waals surface area (Å²) in [4.78, 5) is 12.1. The van der Waals surface area contributed by atoms with Gasteiger partial charge >= 0.3 is 5.97 Å². The van der Waals surface area contributed by atoms with E-state index in [0.29, 0.717) is 18.4 Å². The van der Waals surface area contributed by atoms with Crippen LogP contribution in [0.4, 0.5) is 0 Å². The summed E-state index contributed by atoms with van der Waals surface area (Å²) in [6, 6.07) is 9.78. The predicted octanol–water partition coefficient (Wildman–Crippen LogP) is 2.12. The zero-order chi connectivity index (χ0) is 12.4. The van der Waals surface area contributed by atoms with Gasteiger partial charge in [0.15, 0.2) is 0 Å². The minimum absolute atomic E-state index is 0.0683. The number of rotatable bonds is 3. The van der Waals surface area contributed by atoms with Gasteiger partial charge in [0.25, 0.3) is 0 Å². The van der Waals surface area contributed by atoms with Gasteiger partial charge in [-0.15, -0.1) is 0 Å². The lowest BCUT2D eigenvalue weighted by Gasteiger charge is -2.16. The van der Waals surface area contributed by atoms with Crippen molar-refractivity contribution >= 4 is 5.97 Å². The summed E-state index contributed by atoms with van der Waals surface area (Å²) >= 11 is 0. The fourth-order valence-corrected chi connectivity index (χ4v) is 3.26. The highest BCUT2D eigenvalue weighted by atomic mass is 16.5. The van der Waals surface area contributed by atoms with E-state index in [4.69, 9.17) is 4.74 Å². The molecule has 0 bridgehead atoms. The molecule has 18 heavy (non-hydrogen) atoms. The van der Waals surface area contributed by atoms with Crippen molar-refractivity contribution in [2.75, 3.05) is 6.54 Å². The SMILES string of the molecule is O=C(OCc1ccccc1)[C@H]1NC[C@@H]2CCC[C@@H]21. The van der Waals surface area contributed by atoms with Gasteiger partial charge in [-0.2, -0.15) is 0 Å². The average molecular weight is 245 g/mol. The molecule has 2 aliphatic rings. The number of hydrogen-bond donors (Lipinski definition) is 1. The normalized spacial score (nSPS) is 30.1. The monoisotopic (exact) mass is 245 g/mol. The minimum Gasteiger partial charge on any atom is -0.460 e. The van der Waals surface area contributed by atoms with E-state index in [0.717, 1.165) is 12.1 Å². The van der Waals surface area contributed by atoms with Crippen LogP contribution in [0, 0.1) is 11.8 Å². The number of benzene rings is 1. The van der Waals surface area contributed by atoms with Crippen LogP contribution in [0.1, 0.15) is 24.8 Å². The Bertz CT molecular complexity index is 418. The van der Waals surface area contributed by atoms with Gasteiger partial charge in [-0.05, 0) is 36.8 Å². The quantitative estimate of drug-likeness (QED) is 0.829. The molecule has 96 valence electrons. The first-order chi connectivity index (χ1) is 8.84. The molecule has 1 aromatic rings. The van der Waals surface area contributed by atoms with Crippen LogP contribution in [-0.2, 0) is 16.1 Å². The maximum atomic E-state index is 12.1. The van der Waals surface area contributed by atoms with E-state index in [2.05, 4.69) is 5.32 Å². The fourth-order valence-electron chi connectivity index (χ4n) is 3.26. The summed E-state index contributed by atoms with van der Waals surface area (Å²) in [7, 11) is 0. The third-order valence-corrected chi connectivity index (χ3v) is 4.22. The molecule has 1 aliphatic heterocycles. The van der Waals surface area contributed by atoms with Crippen molar-refractivity contribution in [2.45, 2.75) is 31.9 Å². The Balaban J connectivity index is 1.56. The summed E-state index contributed by atoms with van der Waals surface area (Å²) in [5.74, 6) is 1.13. The van der Waals surface area contributed by atoms with E-state index in [-0.39, 0.29) is 12.0 Å². The maximum absolute atomic E-state index is 12.1. The smallest absolute Gasteiger partial charge is 0.323 e. The third-order valence-electron chi connectivity index (χ3n) is 4.22. The molecular formula is C15H19NO2. The van der Waals surface area contributed by atoms with Gasteiger partial charge in [0, 0.05) is 0 Å². The van der Waals surface area contributed by atoms with Crippen molar-refractivity contribution in [1.82, 2.24) is 5.32 Å². The third kappa shape index (κ3) is 2.27.